The lowest BCUT2D eigenvalue weighted by atomic mass is 10.1. The number of nitrogens with zero attached hydrogens (tertiary/aromatic N) is 1. The third-order valence-corrected chi connectivity index (χ3v) is 1.60. The number of carboxylic acid groups (broad SMARTS) is 1. The third kappa shape index (κ3) is 1.64. The quantitative estimate of drug-likeness (QED) is 0.498. The van der Waals surface area contributed by atoms with Crippen molar-refractivity contribution >= 4 is 11.7 Å². The first-order chi connectivity index (χ1) is 6.86. The number of rotatable bonds is 2. The van der Waals surface area contributed by atoms with Crippen LogP contribution in [0.2, 0.25) is 0 Å². The minimum Gasteiger partial charge on any atom is -0.507 e. The fourth-order valence-corrected chi connectivity index (χ4v) is 0.990. The number of carboxylic acids is 1. The molecule has 0 aliphatic carbocycles. The average Bonchev–Trinajstić information content (AvgIpc) is 1.99. The molecular formula is C7H4FNO6. The first kappa shape index (κ1) is 10.7. The lowest BCUT2D eigenvalue weighted by molar-refractivity contribution is -0.388. The monoisotopic (exact) mass is 217 g/mol. The van der Waals surface area contributed by atoms with Gasteiger partial charge >= 0.3 is 11.7 Å². The van der Waals surface area contributed by atoms with Gasteiger partial charge in [0.05, 0.1) is 4.92 Å². The number of aromatic hydroxyl groups is 2. The Labute approximate surface area is 81.2 Å². The Balaban J connectivity index is 3.64. The maximum absolute atomic E-state index is 13.2. The number of nitro benzene ring substituents is 1. The molecule has 0 saturated carbocycles. The number of hydrogen-bond donors (Lipinski definition) is 3. The molecule has 0 aromatic heterocycles. The zero-order valence-corrected chi connectivity index (χ0v) is 6.97. The van der Waals surface area contributed by atoms with Crippen LogP contribution >= 0.6 is 0 Å². The molecule has 80 valence electrons. The Hall–Kier alpha value is -2.38. The van der Waals surface area contributed by atoms with E-state index in [4.69, 9.17) is 15.3 Å². The minimum atomic E-state index is -1.87. The van der Waals surface area contributed by atoms with Gasteiger partial charge < -0.3 is 15.3 Å². The number of halogens is 1. The molecule has 0 fully saturated rings. The van der Waals surface area contributed by atoms with Gasteiger partial charge in [-0.3, -0.25) is 10.1 Å². The van der Waals surface area contributed by atoms with Crippen molar-refractivity contribution in [2.75, 3.05) is 0 Å². The molecule has 0 spiro atoms. The molecule has 8 heteroatoms. The molecule has 7 nitrogen and oxygen atoms in total. The summed E-state index contributed by atoms with van der Waals surface area (Å²) in [6.45, 7) is 0. The second-order valence-corrected chi connectivity index (χ2v) is 2.51. The van der Waals surface area contributed by atoms with Crippen LogP contribution in [0.4, 0.5) is 10.1 Å². The summed E-state index contributed by atoms with van der Waals surface area (Å²) in [5, 5.41) is 36.6. The summed E-state index contributed by atoms with van der Waals surface area (Å²) < 4.78 is 13.2. The minimum absolute atomic E-state index is 0.394. The molecule has 15 heavy (non-hydrogen) atoms. The van der Waals surface area contributed by atoms with E-state index in [1.54, 1.807) is 0 Å². The standard InChI is InChI=1S/C7H4FNO6/c8-5-4(7(12)13)2(10)1-3(11)6(5)9(14)15/h1,10-11H,(H,12,13). The van der Waals surface area contributed by atoms with Crippen LogP contribution in [-0.4, -0.2) is 26.2 Å². The normalized spacial score (nSPS) is 9.93. The van der Waals surface area contributed by atoms with Gasteiger partial charge in [0, 0.05) is 6.07 Å². The predicted octanol–water partition coefficient (Wildman–Crippen LogP) is 0.843. The van der Waals surface area contributed by atoms with Gasteiger partial charge in [0.15, 0.2) is 0 Å². The number of benzene rings is 1. The number of phenolic OH excluding ortho intramolecular Hbond substituents is 1. The topological polar surface area (TPSA) is 121 Å². The molecule has 0 unspecified atom stereocenters. The van der Waals surface area contributed by atoms with Crippen molar-refractivity contribution in [3.05, 3.63) is 27.6 Å². The third-order valence-electron chi connectivity index (χ3n) is 1.60. The SMILES string of the molecule is O=C(O)c1c(O)cc(O)c([N+](=O)[O-])c1F. The smallest absolute Gasteiger partial charge is 0.347 e. The van der Waals surface area contributed by atoms with Crippen LogP contribution in [0, 0.1) is 15.9 Å². The average molecular weight is 217 g/mol. The summed E-state index contributed by atoms with van der Waals surface area (Å²) in [7, 11) is 0. The summed E-state index contributed by atoms with van der Waals surface area (Å²) in [5.74, 6) is -5.87. The Kier molecular flexibility index (Phi) is 2.43. The van der Waals surface area contributed by atoms with E-state index in [9.17, 15) is 19.3 Å². The molecule has 1 rings (SSSR count). The van der Waals surface area contributed by atoms with Crippen LogP contribution in [0.5, 0.6) is 11.5 Å². The Morgan fingerprint density at radius 3 is 2.33 bits per heavy atom. The van der Waals surface area contributed by atoms with Crippen molar-refractivity contribution in [2.45, 2.75) is 0 Å². The Morgan fingerprint density at radius 1 is 1.40 bits per heavy atom. The van der Waals surface area contributed by atoms with Crippen LogP contribution in [-0.2, 0) is 0 Å². The van der Waals surface area contributed by atoms with Crippen molar-refractivity contribution < 1.29 is 29.4 Å². The van der Waals surface area contributed by atoms with Crippen molar-refractivity contribution in [3.63, 3.8) is 0 Å². The second kappa shape index (κ2) is 3.40. The van der Waals surface area contributed by atoms with E-state index < -0.39 is 39.5 Å². The van der Waals surface area contributed by atoms with Crippen molar-refractivity contribution in [2.24, 2.45) is 0 Å². The summed E-state index contributed by atoms with van der Waals surface area (Å²) in [6, 6.07) is 0.394. The van der Waals surface area contributed by atoms with Gasteiger partial charge in [0.1, 0.15) is 11.3 Å². The highest BCUT2D eigenvalue weighted by molar-refractivity contribution is 5.92. The molecule has 0 amide bonds. The highest BCUT2D eigenvalue weighted by Gasteiger charge is 2.30. The molecule has 0 aliphatic rings. The number of hydrogen-bond acceptors (Lipinski definition) is 5. The van der Waals surface area contributed by atoms with Crippen molar-refractivity contribution in [1.29, 1.82) is 0 Å². The highest BCUT2D eigenvalue weighted by atomic mass is 19.1. The van der Waals surface area contributed by atoms with Crippen LogP contribution in [0.15, 0.2) is 6.07 Å². The van der Waals surface area contributed by atoms with Gasteiger partial charge in [0.2, 0.25) is 11.6 Å². The van der Waals surface area contributed by atoms with Crippen LogP contribution < -0.4 is 0 Å². The lowest BCUT2D eigenvalue weighted by Gasteiger charge is -2.03. The maximum Gasteiger partial charge on any atom is 0.347 e. The van der Waals surface area contributed by atoms with Gasteiger partial charge in [-0.05, 0) is 0 Å². The Bertz CT molecular complexity index is 419. The Morgan fingerprint density at radius 2 is 1.93 bits per heavy atom. The highest BCUT2D eigenvalue weighted by Crippen LogP contribution is 2.36. The number of carbonyl (C=O) groups is 1. The van der Waals surface area contributed by atoms with Gasteiger partial charge in [-0.25, -0.2) is 4.79 Å². The number of phenols is 2. The first-order valence-corrected chi connectivity index (χ1v) is 3.48. The molecule has 1 aromatic rings. The molecule has 0 heterocycles. The van der Waals surface area contributed by atoms with Gasteiger partial charge in [0.25, 0.3) is 0 Å². The first-order valence-electron chi connectivity index (χ1n) is 3.48. The lowest BCUT2D eigenvalue weighted by Crippen LogP contribution is -2.04. The van der Waals surface area contributed by atoms with Crippen LogP contribution in [0.25, 0.3) is 0 Å². The second-order valence-electron chi connectivity index (χ2n) is 2.51. The van der Waals surface area contributed by atoms with Gasteiger partial charge in [-0.15, -0.1) is 0 Å². The number of aromatic carboxylic acids is 1. The van der Waals surface area contributed by atoms with Gasteiger partial charge in [-0.1, -0.05) is 0 Å². The molecule has 0 atom stereocenters. The van der Waals surface area contributed by atoms with E-state index in [1.165, 1.54) is 0 Å². The van der Waals surface area contributed by atoms with Crippen molar-refractivity contribution in [1.82, 2.24) is 0 Å². The van der Waals surface area contributed by atoms with Crippen LogP contribution in [0.1, 0.15) is 10.4 Å². The molecule has 1 aromatic carbocycles. The van der Waals surface area contributed by atoms with E-state index in [0.717, 1.165) is 0 Å². The fraction of sp³-hybridized carbons (Fsp3) is 0. The van der Waals surface area contributed by atoms with E-state index in [1.807, 2.05) is 0 Å². The summed E-state index contributed by atoms with van der Waals surface area (Å²) in [6.07, 6.45) is 0. The molecule has 0 saturated heterocycles. The van der Waals surface area contributed by atoms with Gasteiger partial charge in [-0.2, -0.15) is 4.39 Å². The summed E-state index contributed by atoms with van der Waals surface area (Å²) in [5.41, 5.74) is -2.63. The predicted molar refractivity (Wildman–Crippen MR) is 43.3 cm³/mol. The molecular weight excluding hydrogens is 213 g/mol. The number of nitro groups is 1. The maximum atomic E-state index is 13.2. The molecule has 0 radical (unpaired) electrons. The molecule has 0 bridgehead atoms. The van der Waals surface area contributed by atoms with Crippen LogP contribution in [0.3, 0.4) is 0 Å². The fourth-order valence-electron chi connectivity index (χ4n) is 0.990. The summed E-state index contributed by atoms with van der Waals surface area (Å²) >= 11 is 0. The molecule has 0 aliphatic heterocycles. The van der Waals surface area contributed by atoms with E-state index in [-0.39, 0.29) is 0 Å². The zero-order chi connectivity index (χ0) is 11.7. The largest absolute Gasteiger partial charge is 0.507 e. The van der Waals surface area contributed by atoms with E-state index in [0.29, 0.717) is 6.07 Å². The zero-order valence-electron chi connectivity index (χ0n) is 6.97. The molecule has 3 N–H and O–H groups in total. The van der Waals surface area contributed by atoms with E-state index in [2.05, 4.69) is 0 Å². The summed E-state index contributed by atoms with van der Waals surface area (Å²) in [4.78, 5) is 19.4. The van der Waals surface area contributed by atoms with Crippen molar-refractivity contribution in [3.8, 4) is 11.5 Å². The van der Waals surface area contributed by atoms with E-state index >= 15 is 0 Å².